The first kappa shape index (κ1) is 15.8. The minimum absolute atomic E-state index is 0.111. The van der Waals surface area contributed by atoms with Gasteiger partial charge in [0.25, 0.3) is 11.8 Å². The molecule has 0 bridgehead atoms. The van der Waals surface area contributed by atoms with Crippen LogP contribution >= 0.6 is 23.2 Å². The molecule has 3 rings (SSSR count). The van der Waals surface area contributed by atoms with E-state index in [2.05, 4.69) is 10.2 Å². The summed E-state index contributed by atoms with van der Waals surface area (Å²) < 4.78 is 0. The number of rotatable bonds is 2. The zero-order valence-electron chi connectivity index (χ0n) is 12.1. The van der Waals surface area contributed by atoms with Crippen LogP contribution in [0.2, 0.25) is 10.0 Å². The quantitative estimate of drug-likeness (QED) is 0.901. The second kappa shape index (κ2) is 6.60. The Bertz CT molecular complexity index is 705. The van der Waals surface area contributed by atoms with Gasteiger partial charge < -0.3 is 9.80 Å². The molecule has 0 atom stereocenters. The molecule has 1 N–H and O–H groups in total. The van der Waals surface area contributed by atoms with Crippen molar-refractivity contribution in [3.8, 4) is 0 Å². The number of carbonyl (C=O) groups is 2. The molecular formula is C15H14Cl2N4O2. The van der Waals surface area contributed by atoms with Crippen LogP contribution in [0.5, 0.6) is 0 Å². The molecule has 2 heterocycles. The van der Waals surface area contributed by atoms with Crippen molar-refractivity contribution in [2.45, 2.75) is 0 Å². The lowest BCUT2D eigenvalue weighted by molar-refractivity contribution is 0.0532. The van der Waals surface area contributed by atoms with Crippen LogP contribution in [0.4, 0.5) is 0 Å². The molecule has 1 saturated heterocycles. The number of piperazine rings is 1. The van der Waals surface area contributed by atoms with E-state index < -0.39 is 0 Å². The molecular weight excluding hydrogens is 339 g/mol. The summed E-state index contributed by atoms with van der Waals surface area (Å²) in [6, 6.07) is 6.41. The smallest absolute Gasteiger partial charge is 0.271 e. The summed E-state index contributed by atoms with van der Waals surface area (Å²) in [6.45, 7) is 1.86. The molecule has 6 nitrogen and oxygen atoms in total. The standard InChI is InChI=1S/C15H14Cl2N4O2/c16-11-7-10(8-12(17)9-11)14(22)20-3-5-21(6-4-20)15(23)13-1-2-18-19-13/h1-2,7-9H,3-6H2,(H,18,19). The molecule has 0 saturated carbocycles. The summed E-state index contributed by atoms with van der Waals surface area (Å²) >= 11 is 11.9. The van der Waals surface area contributed by atoms with Crippen molar-refractivity contribution < 1.29 is 9.59 Å². The normalized spacial score (nSPS) is 14.9. The molecule has 23 heavy (non-hydrogen) atoms. The average molecular weight is 353 g/mol. The van der Waals surface area contributed by atoms with E-state index in [1.54, 1.807) is 34.1 Å². The van der Waals surface area contributed by atoms with Crippen molar-refractivity contribution in [3.63, 3.8) is 0 Å². The van der Waals surface area contributed by atoms with Gasteiger partial charge in [-0.25, -0.2) is 0 Å². The van der Waals surface area contributed by atoms with E-state index in [-0.39, 0.29) is 11.8 Å². The predicted molar refractivity (Wildman–Crippen MR) is 86.9 cm³/mol. The van der Waals surface area contributed by atoms with E-state index in [1.165, 1.54) is 6.20 Å². The molecule has 1 fully saturated rings. The van der Waals surface area contributed by atoms with E-state index in [9.17, 15) is 9.59 Å². The molecule has 2 aromatic rings. The van der Waals surface area contributed by atoms with Gasteiger partial charge in [0, 0.05) is 48.0 Å². The van der Waals surface area contributed by atoms with Gasteiger partial charge in [-0.15, -0.1) is 0 Å². The van der Waals surface area contributed by atoms with Crippen molar-refractivity contribution in [2.75, 3.05) is 26.2 Å². The highest BCUT2D eigenvalue weighted by Gasteiger charge is 2.26. The molecule has 1 aliphatic rings. The molecule has 0 radical (unpaired) electrons. The lowest BCUT2D eigenvalue weighted by Crippen LogP contribution is -2.50. The molecule has 120 valence electrons. The highest BCUT2D eigenvalue weighted by Crippen LogP contribution is 2.21. The van der Waals surface area contributed by atoms with Crippen molar-refractivity contribution in [1.29, 1.82) is 0 Å². The second-order valence-electron chi connectivity index (χ2n) is 5.21. The lowest BCUT2D eigenvalue weighted by atomic mass is 10.1. The van der Waals surface area contributed by atoms with Crippen LogP contribution in [0, 0.1) is 0 Å². The maximum absolute atomic E-state index is 12.5. The first-order chi connectivity index (χ1) is 11.0. The van der Waals surface area contributed by atoms with E-state index in [4.69, 9.17) is 23.2 Å². The number of carbonyl (C=O) groups excluding carboxylic acids is 2. The van der Waals surface area contributed by atoms with E-state index in [0.717, 1.165) is 0 Å². The number of H-pyrrole nitrogens is 1. The number of hydrogen-bond donors (Lipinski definition) is 1. The van der Waals surface area contributed by atoms with Crippen LogP contribution in [-0.4, -0.2) is 58.0 Å². The summed E-state index contributed by atoms with van der Waals surface area (Å²) in [7, 11) is 0. The Labute approximate surface area is 143 Å². The first-order valence-corrected chi connectivity index (χ1v) is 7.84. The van der Waals surface area contributed by atoms with Gasteiger partial charge in [0.15, 0.2) is 0 Å². The third-order valence-electron chi connectivity index (χ3n) is 3.69. The maximum atomic E-state index is 12.5. The largest absolute Gasteiger partial charge is 0.335 e. The fraction of sp³-hybridized carbons (Fsp3) is 0.267. The number of amides is 2. The van der Waals surface area contributed by atoms with Gasteiger partial charge in [0.2, 0.25) is 0 Å². The number of benzene rings is 1. The Morgan fingerprint density at radius 1 is 0.957 bits per heavy atom. The van der Waals surface area contributed by atoms with Gasteiger partial charge in [-0.3, -0.25) is 14.7 Å². The van der Waals surface area contributed by atoms with Crippen LogP contribution in [0.1, 0.15) is 20.8 Å². The highest BCUT2D eigenvalue weighted by atomic mass is 35.5. The van der Waals surface area contributed by atoms with E-state index >= 15 is 0 Å². The second-order valence-corrected chi connectivity index (χ2v) is 6.09. The van der Waals surface area contributed by atoms with Crippen LogP contribution < -0.4 is 0 Å². The Hall–Kier alpha value is -2.05. The third kappa shape index (κ3) is 3.48. The Morgan fingerprint density at radius 3 is 2.04 bits per heavy atom. The molecule has 2 amide bonds. The summed E-state index contributed by atoms with van der Waals surface area (Å²) in [5.41, 5.74) is 0.905. The van der Waals surface area contributed by atoms with Gasteiger partial charge in [0.1, 0.15) is 5.69 Å². The minimum Gasteiger partial charge on any atom is -0.335 e. The SMILES string of the molecule is O=C(c1cc(Cl)cc(Cl)c1)N1CCN(C(=O)c2ccn[nH]2)CC1. The van der Waals surface area contributed by atoms with Gasteiger partial charge in [-0.1, -0.05) is 23.2 Å². The van der Waals surface area contributed by atoms with Crippen LogP contribution in [-0.2, 0) is 0 Å². The van der Waals surface area contributed by atoms with Crippen molar-refractivity contribution in [1.82, 2.24) is 20.0 Å². The number of aromatic nitrogens is 2. The Kier molecular flexibility index (Phi) is 4.54. The van der Waals surface area contributed by atoms with Crippen molar-refractivity contribution in [3.05, 3.63) is 51.8 Å². The fourth-order valence-electron chi connectivity index (χ4n) is 2.52. The topological polar surface area (TPSA) is 69.3 Å². The van der Waals surface area contributed by atoms with Crippen LogP contribution in [0.15, 0.2) is 30.5 Å². The Balaban J connectivity index is 1.64. The van der Waals surface area contributed by atoms with Crippen molar-refractivity contribution >= 4 is 35.0 Å². The van der Waals surface area contributed by atoms with Gasteiger partial charge in [-0.05, 0) is 24.3 Å². The van der Waals surface area contributed by atoms with E-state index in [1.807, 2.05) is 0 Å². The van der Waals surface area contributed by atoms with Crippen molar-refractivity contribution in [2.24, 2.45) is 0 Å². The predicted octanol–water partition coefficient (Wildman–Crippen LogP) is 2.31. The summed E-state index contributed by atoms with van der Waals surface area (Å²) in [5, 5.41) is 7.28. The molecule has 8 heteroatoms. The number of aromatic amines is 1. The lowest BCUT2D eigenvalue weighted by Gasteiger charge is -2.34. The monoisotopic (exact) mass is 352 g/mol. The Morgan fingerprint density at radius 2 is 1.52 bits per heavy atom. The highest BCUT2D eigenvalue weighted by molar-refractivity contribution is 6.35. The maximum Gasteiger partial charge on any atom is 0.271 e. The minimum atomic E-state index is -0.136. The van der Waals surface area contributed by atoms with Crippen LogP contribution in [0.25, 0.3) is 0 Å². The van der Waals surface area contributed by atoms with Gasteiger partial charge in [0.05, 0.1) is 0 Å². The summed E-state index contributed by atoms with van der Waals surface area (Å²) in [6.07, 6.45) is 1.54. The van der Waals surface area contributed by atoms with Gasteiger partial charge in [-0.2, -0.15) is 5.10 Å². The molecule has 0 spiro atoms. The average Bonchev–Trinajstić information content (AvgIpc) is 3.07. The van der Waals surface area contributed by atoms with Gasteiger partial charge >= 0.3 is 0 Å². The number of nitrogens with one attached hydrogen (secondary N) is 1. The molecule has 1 aromatic carbocycles. The molecule has 1 aliphatic heterocycles. The zero-order valence-corrected chi connectivity index (χ0v) is 13.6. The number of hydrogen-bond acceptors (Lipinski definition) is 3. The number of nitrogens with zero attached hydrogens (tertiary/aromatic N) is 3. The summed E-state index contributed by atoms with van der Waals surface area (Å²) in [4.78, 5) is 28.1. The van der Waals surface area contributed by atoms with Crippen LogP contribution in [0.3, 0.4) is 0 Å². The van der Waals surface area contributed by atoms with E-state index in [0.29, 0.717) is 47.5 Å². The fourth-order valence-corrected chi connectivity index (χ4v) is 3.04. The molecule has 0 unspecified atom stereocenters. The molecule has 1 aromatic heterocycles. The zero-order chi connectivity index (χ0) is 16.4. The molecule has 0 aliphatic carbocycles. The third-order valence-corrected chi connectivity index (χ3v) is 4.13. The first-order valence-electron chi connectivity index (χ1n) is 7.08. The summed E-state index contributed by atoms with van der Waals surface area (Å²) in [5.74, 6) is -0.247. The number of halogens is 2.